The number of alkyl halides is 2. The van der Waals surface area contributed by atoms with Crippen LogP contribution in [0.3, 0.4) is 0 Å². The Hall–Kier alpha value is -4.39. The average molecular weight is 606 g/mol. The maximum atomic E-state index is 14.8. The zero-order chi connectivity index (χ0) is 30.5. The van der Waals surface area contributed by atoms with Crippen LogP contribution in [0.5, 0.6) is 5.75 Å². The normalized spacial score (nSPS) is 18.7. The number of hydrogen-bond acceptors (Lipinski definition) is 9. The fraction of sp³-hybridized carbons (Fsp3) is 0.419. The van der Waals surface area contributed by atoms with Crippen LogP contribution >= 0.6 is 0 Å². The summed E-state index contributed by atoms with van der Waals surface area (Å²) in [6.45, 7) is 4.60. The van der Waals surface area contributed by atoms with Gasteiger partial charge in [0.1, 0.15) is 18.2 Å². The van der Waals surface area contributed by atoms with Crippen molar-refractivity contribution < 1.29 is 17.9 Å². The highest BCUT2D eigenvalue weighted by Gasteiger charge is 2.61. The lowest BCUT2D eigenvalue weighted by atomic mass is 9.61. The molecule has 44 heavy (non-hydrogen) atoms. The molecule has 1 aromatic carbocycles. The van der Waals surface area contributed by atoms with E-state index >= 15 is 0 Å². The number of hydrogen-bond donors (Lipinski definition) is 2. The van der Waals surface area contributed by atoms with Crippen LogP contribution < -0.4 is 20.7 Å². The Morgan fingerprint density at radius 2 is 1.80 bits per heavy atom. The Bertz CT molecular complexity index is 1650. The minimum Gasteiger partial charge on any atom is -0.490 e. The first-order valence-corrected chi connectivity index (χ1v) is 14.8. The summed E-state index contributed by atoms with van der Waals surface area (Å²) in [7, 11) is 1.78. The van der Waals surface area contributed by atoms with Crippen LogP contribution in [-0.4, -0.2) is 74.9 Å². The van der Waals surface area contributed by atoms with E-state index < -0.39 is 11.7 Å². The molecule has 7 rings (SSSR count). The van der Waals surface area contributed by atoms with Crippen molar-refractivity contribution in [1.29, 1.82) is 0 Å². The van der Waals surface area contributed by atoms with Gasteiger partial charge in [0.25, 0.3) is 0 Å². The van der Waals surface area contributed by atoms with Crippen LogP contribution in [0.2, 0.25) is 0 Å². The number of anilines is 4. The topological polar surface area (TPSA) is 110 Å². The molecule has 2 aliphatic heterocycles. The van der Waals surface area contributed by atoms with E-state index in [1.54, 1.807) is 36.1 Å². The molecule has 3 aliphatic rings. The van der Waals surface area contributed by atoms with Gasteiger partial charge in [-0.3, -0.25) is 4.90 Å². The zero-order valence-corrected chi connectivity index (χ0v) is 24.4. The van der Waals surface area contributed by atoms with Crippen molar-refractivity contribution in [2.45, 2.75) is 31.6 Å². The van der Waals surface area contributed by atoms with Crippen LogP contribution in [0, 0.1) is 11.2 Å². The number of pyridine rings is 2. The molecular formula is C31H34F3N9O. The van der Waals surface area contributed by atoms with Crippen molar-refractivity contribution in [3.63, 3.8) is 0 Å². The summed E-state index contributed by atoms with van der Waals surface area (Å²) in [5.41, 5.74) is 7.79. The number of nitrogens with one attached hydrogen (secondary N) is 1. The standard InChI is InChI=1S/C31H34F3N9O/c1-41-29(39-28(40-41)21-5-7-25(37-15-21)43-18-30(19-43)16-31(33,34)17-30)38-23-6-4-20(22-8-9-36-27(35)26(22)32)14-24(23)44-13-12-42-10-2-3-11-42/h4-9,14-15H,2-3,10-13,16-19H2,1H3,(H2,35,36)(H,38,39,40). The Balaban J connectivity index is 1.08. The van der Waals surface area contributed by atoms with E-state index in [2.05, 4.69) is 25.3 Å². The van der Waals surface area contributed by atoms with Gasteiger partial charge in [0.2, 0.25) is 11.9 Å². The molecule has 0 bridgehead atoms. The minimum absolute atomic E-state index is 0.0363. The average Bonchev–Trinajstić information content (AvgIpc) is 3.62. The highest BCUT2D eigenvalue weighted by Crippen LogP contribution is 2.57. The Labute approximate surface area is 253 Å². The molecule has 0 radical (unpaired) electrons. The van der Waals surface area contributed by atoms with E-state index in [0.717, 1.165) is 31.0 Å². The molecule has 3 fully saturated rings. The summed E-state index contributed by atoms with van der Waals surface area (Å²) in [5.74, 6) is -0.991. The van der Waals surface area contributed by atoms with Crippen molar-refractivity contribution in [3.05, 3.63) is 54.6 Å². The largest absolute Gasteiger partial charge is 0.490 e. The van der Waals surface area contributed by atoms with Gasteiger partial charge in [0.05, 0.1) is 5.69 Å². The van der Waals surface area contributed by atoms with E-state index in [1.165, 1.54) is 19.0 Å². The highest BCUT2D eigenvalue weighted by atomic mass is 19.3. The number of aromatic nitrogens is 5. The molecule has 2 saturated heterocycles. The highest BCUT2D eigenvalue weighted by molar-refractivity contribution is 5.74. The molecule has 13 heteroatoms. The number of halogens is 3. The second-order valence-corrected chi connectivity index (χ2v) is 12.1. The van der Waals surface area contributed by atoms with Gasteiger partial charge in [-0.15, -0.1) is 5.10 Å². The van der Waals surface area contributed by atoms with Crippen molar-refractivity contribution in [3.8, 4) is 28.3 Å². The van der Waals surface area contributed by atoms with Crippen LogP contribution in [0.1, 0.15) is 25.7 Å². The van der Waals surface area contributed by atoms with Crippen molar-refractivity contribution >= 4 is 23.3 Å². The molecule has 4 aromatic rings. The zero-order valence-electron chi connectivity index (χ0n) is 24.4. The number of nitrogens with zero attached hydrogens (tertiary/aromatic N) is 7. The predicted octanol–water partition coefficient (Wildman–Crippen LogP) is 5.11. The Morgan fingerprint density at radius 3 is 2.52 bits per heavy atom. The molecule has 10 nitrogen and oxygen atoms in total. The maximum absolute atomic E-state index is 14.8. The quantitative estimate of drug-likeness (QED) is 0.269. The summed E-state index contributed by atoms with van der Waals surface area (Å²) in [5, 5.41) is 7.89. The van der Waals surface area contributed by atoms with Crippen LogP contribution in [0.15, 0.2) is 48.8 Å². The van der Waals surface area contributed by atoms with Crippen molar-refractivity contribution in [2.24, 2.45) is 12.5 Å². The van der Waals surface area contributed by atoms with Gasteiger partial charge in [-0.1, -0.05) is 6.07 Å². The summed E-state index contributed by atoms with van der Waals surface area (Å²) in [6.07, 6.45) is 5.49. The van der Waals surface area contributed by atoms with Gasteiger partial charge in [0, 0.05) is 68.5 Å². The second-order valence-electron chi connectivity index (χ2n) is 12.1. The fourth-order valence-electron chi connectivity index (χ4n) is 6.52. The SMILES string of the molecule is Cn1nc(-c2ccc(N3CC4(C3)CC(F)(F)C4)nc2)nc1Nc1ccc(-c2ccnc(N)c2F)cc1OCCN1CCCC1. The lowest BCUT2D eigenvalue weighted by Gasteiger charge is -2.59. The third-order valence-corrected chi connectivity index (χ3v) is 8.73. The van der Waals surface area contributed by atoms with E-state index in [-0.39, 0.29) is 24.1 Å². The lowest BCUT2D eigenvalue weighted by Crippen LogP contribution is -2.66. The van der Waals surface area contributed by atoms with Crippen LogP contribution in [-0.2, 0) is 7.05 Å². The van der Waals surface area contributed by atoms with E-state index in [9.17, 15) is 13.2 Å². The third kappa shape index (κ3) is 5.51. The molecule has 0 atom stereocenters. The van der Waals surface area contributed by atoms with Crippen LogP contribution in [0.25, 0.3) is 22.5 Å². The number of benzene rings is 1. The molecule has 1 saturated carbocycles. The molecule has 0 amide bonds. The monoisotopic (exact) mass is 605 g/mol. The molecule has 0 unspecified atom stereocenters. The van der Waals surface area contributed by atoms with Gasteiger partial charge in [-0.2, -0.15) is 4.98 Å². The predicted molar refractivity (Wildman–Crippen MR) is 162 cm³/mol. The molecule has 1 spiro atoms. The number of ether oxygens (including phenoxy) is 1. The van der Waals surface area contributed by atoms with Gasteiger partial charge in [0.15, 0.2) is 17.5 Å². The fourth-order valence-corrected chi connectivity index (χ4v) is 6.52. The summed E-state index contributed by atoms with van der Waals surface area (Å²) < 4.78 is 49.4. The second kappa shape index (κ2) is 11.0. The molecule has 3 aromatic heterocycles. The first kappa shape index (κ1) is 28.4. The smallest absolute Gasteiger partial charge is 0.249 e. The number of aryl methyl sites for hydroxylation is 1. The number of nitrogen functional groups attached to an aromatic ring is 1. The van der Waals surface area contributed by atoms with Crippen LogP contribution in [0.4, 0.5) is 36.4 Å². The van der Waals surface area contributed by atoms with Crippen molar-refractivity contribution in [2.75, 3.05) is 55.3 Å². The number of rotatable bonds is 9. The van der Waals surface area contributed by atoms with E-state index in [1.807, 2.05) is 23.1 Å². The van der Waals surface area contributed by atoms with Crippen molar-refractivity contribution in [1.82, 2.24) is 29.6 Å². The number of likely N-dealkylation sites (tertiary alicyclic amines) is 1. The third-order valence-electron chi connectivity index (χ3n) is 8.73. The van der Waals surface area contributed by atoms with Gasteiger partial charge in [-0.25, -0.2) is 27.8 Å². The summed E-state index contributed by atoms with van der Waals surface area (Å²) >= 11 is 0. The van der Waals surface area contributed by atoms with E-state index in [0.29, 0.717) is 54.0 Å². The molecular weight excluding hydrogens is 571 g/mol. The maximum Gasteiger partial charge on any atom is 0.249 e. The van der Waals surface area contributed by atoms with Gasteiger partial charge >= 0.3 is 0 Å². The first-order chi connectivity index (χ1) is 21.2. The lowest BCUT2D eigenvalue weighted by molar-refractivity contribution is -0.170. The van der Waals surface area contributed by atoms with Gasteiger partial charge < -0.3 is 20.7 Å². The Morgan fingerprint density at radius 1 is 1.02 bits per heavy atom. The van der Waals surface area contributed by atoms with Gasteiger partial charge in [-0.05, 0) is 61.8 Å². The summed E-state index contributed by atoms with van der Waals surface area (Å²) in [4.78, 5) is 17.5. The molecule has 3 N–H and O–H groups in total. The first-order valence-electron chi connectivity index (χ1n) is 14.8. The Kier molecular flexibility index (Phi) is 7.07. The van der Waals surface area contributed by atoms with E-state index in [4.69, 9.17) is 15.5 Å². The minimum atomic E-state index is -2.52. The number of nitrogens with two attached hydrogens (primary N) is 1. The molecule has 230 valence electrons. The molecule has 1 aliphatic carbocycles. The summed E-state index contributed by atoms with van der Waals surface area (Å²) in [6, 6.07) is 10.7. The molecule has 5 heterocycles.